The molecule has 0 aliphatic rings. The maximum Gasteiger partial charge on any atom is 0.248 e. The third-order valence-corrected chi connectivity index (χ3v) is 1.39. The molecule has 2 heterocycles. The average molecular weight is 230 g/mol. The molecule has 0 fully saturated rings. The van der Waals surface area contributed by atoms with E-state index in [0.29, 0.717) is 0 Å². The van der Waals surface area contributed by atoms with Crippen molar-refractivity contribution in [3.8, 4) is 0 Å². The molecule has 0 atom stereocenters. The quantitative estimate of drug-likeness (QED) is 0.513. The van der Waals surface area contributed by atoms with E-state index in [-0.39, 0.29) is 0 Å². The normalized spacial score (nSPS) is 9.25. The van der Waals surface area contributed by atoms with Gasteiger partial charge in [0.15, 0.2) is 5.82 Å². The van der Waals surface area contributed by atoms with Crippen LogP contribution in [0.25, 0.3) is 0 Å². The van der Waals surface area contributed by atoms with E-state index < -0.39 is 23.7 Å². The van der Waals surface area contributed by atoms with Gasteiger partial charge in [0.2, 0.25) is 17.8 Å². The van der Waals surface area contributed by atoms with Crippen LogP contribution in [0, 0.1) is 23.7 Å². The Hall–Kier alpha value is -1.98. The highest BCUT2D eigenvalue weighted by Crippen LogP contribution is 1.97. The van der Waals surface area contributed by atoms with Gasteiger partial charge in [-0.3, -0.25) is 0 Å². The lowest BCUT2D eigenvalue weighted by atomic mass is 10.5. The summed E-state index contributed by atoms with van der Waals surface area (Å²) in [6.45, 7) is 0. The van der Waals surface area contributed by atoms with Crippen molar-refractivity contribution in [2.45, 2.75) is 0 Å². The number of pyridine rings is 2. The van der Waals surface area contributed by atoms with Gasteiger partial charge in [0.25, 0.3) is 0 Å². The molecule has 2 nitrogen and oxygen atoms in total. The van der Waals surface area contributed by atoms with E-state index in [1.165, 1.54) is 18.3 Å². The van der Waals surface area contributed by atoms with Crippen LogP contribution in [0.1, 0.15) is 0 Å². The van der Waals surface area contributed by atoms with Crippen molar-refractivity contribution >= 4 is 0 Å². The average Bonchev–Trinajstić information content (AvgIpc) is 2.23. The van der Waals surface area contributed by atoms with Crippen LogP contribution in [0.15, 0.2) is 36.5 Å². The van der Waals surface area contributed by atoms with Gasteiger partial charge < -0.3 is 0 Å². The Morgan fingerprint density at radius 2 is 1.44 bits per heavy atom. The van der Waals surface area contributed by atoms with Gasteiger partial charge in [-0.1, -0.05) is 6.07 Å². The van der Waals surface area contributed by atoms with E-state index in [2.05, 4.69) is 9.97 Å². The van der Waals surface area contributed by atoms with Crippen molar-refractivity contribution in [3.05, 3.63) is 60.2 Å². The Labute approximate surface area is 88.6 Å². The molecule has 0 unspecified atom stereocenters. The number of hydrogen-bond acceptors (Lipinski definition) is 2. The Kier molecular flexibility index (Phi) is 4.38. The summed E-state index contributed by atoms with van der Waals surface area (Å²) in [6.07, 6.45) is 1.19. The highest BCUT2D eigenvalue weighted by atomic mass is 19.2. The number of rotatable bonds is 0. The first-order valence-electron chi connectivity index (χ1n) is 4.13. The summed E-state index contributed by atoms with van der Waals surface area (Å²) < 4.78 is 47.3. The largest absolute Gasteiger partial charge is 0.248 e. The van der Waals surface area contributed by atoms with Crippen LogP contribution in [0.2, 0.25) is 0 Å². The summed E-state index contributed by atoms with van der Waals surface area (Å²) in [7, 11) is 0. The zero-order valence-electron chi connectivity index (χ0n) is 7.87. The Morgan fingerprint density at radius 1 is 0.812 bits per heavy atom. The summed E-state index contributed by atoms with van der Waals surface area (Å²) in [5, 5.41) is 0. The third-order valence-electron chi connectivity index (χ3n) is 1.39. The molecule has 0 N–H and O–H groups in total. The van der Waals surface area contributed by atoms with Crippen LogP contribution in [0.3, 0.4) is 0 Å². The molecular weight excluding hydrogens is 224 g/mol. The Balaban J connectivity index is 0.000000160. The second kappa shape index (κ2) is 5.79. The van der Waals surface area contributed by atoms with Crippen LogP contribution < -0.4 is 0 Å². The zero-order chi connectivity index (χ0) is 12.0. The second-order valence-corrected chi connectivity index (χ2v) is 2.56. The summed E-state index contributed by atoms with van der Waals surface area (Å²) >= 11 is 0. The van der Waals surface area contributed by atoms with Crippen LogP contribution in [-0.2, 0) is 0 Å². The maximum absolute atomic E-state index is 11.9. The molecule has 0 saturated heterocycles. The summed E-state index contributed by atoms with van der Waals surface area (Å²) in [6, 6.07) is 5.78. The van der Waals surface area contributed by atoms with Crippen LogP contribution in [0.5, 0.6) is 0 Å². The monoisotopic (exact) mass is 230 g/mol. The minimum absolute atomic E-state index is 0.787. The first kappa shape index (κ1) is 12.1. The number of aromatic nitrogens is 2. The van der Waals surface area contributed by atoms with Crippen LogP contribution >= 0.6 is 0 Å². The minimum atomic E-state index is -1.05. The predicted molar refractivity (Wildman–Crippen MR) is 48.3 cm³/mol. The first-order valence-corrected chi connectivity index (χ1v) is 4.13. The molecule has 0 radical (unpaired) electrons. The fourth-order valence-electron chi connectivity index (χ4n) is 0.750. The number of nitrogens with zero attached hydrogens (tertiary/aromatic N) is 2. The Morgan fingerprint density at radius 3 is 1.75 bits per heavy atom. The summed E-state index contributed by atoms with van der Waals surface area (Å²) in [4.78, 5) is 5.88. The molecule has 16 heavy (non-hydrogen) atoms. The van der Waals surface area contributed by atoms with Crippen LogP contribution in [-0.4, -0.2) is 9.97 Å². The Bertz CT molecular complexity index is 424. The second-order valence-electron chi connectivity index (χ2n) is 2.56. The zero-order valence-corrected chi connectivity index (χ0v) is 7.87. The van der Waals surface area contributed by atoms with Gasteiger partial charge in [-0.2, -0.15) is 18.2 Å². The number of halogens is 4. The van der Waals surface area contributed by atoms with E-state index in [1.807, 2.05) is 0 Å². The van der Waals surface area contributed by atoms with E-state index in [1.54, 1.807) is 0 Å². The highest BCUT2D eigenvalue weighted by Gasteiger charge is 1.95. The van der Waals surface area contributed by atoms with Gasteiger partial charge in [0.05, 0.1) is 0 Å². The molecule has 0 amide bonds. The molecule has 2 aromatic heterocycles. The molecule has 6 heteroatoms. The van der Waals surface area contributed by atoms with Crippen molar-refractivity contribution in [2.75, 3.05) is 0 Å². The summed E-state index contributed by atoms with van der Waals surface area (Å²) in [5.41, 5.74) is 0. The lowest BCUT2D eigenvalue weighted by Gasteiger charge is -1.84. The minimum Gasteiger partial charge on any atom is -0.226 e. The van der Waals surface area contributed by atoms with Gasteiger partial charge in [0.1, 0.15) is 0 Å². The molecule has 0 aliphatic carbocycles. The van der Waals surface area contributed by atoms with E-state index in [4.69, 9.17) is 0 Å². The van der Waals surface area contributed by atoms with Gasteiger partial charge in [0, 0.05) is 6.20 Å². The molecule has 0 bridgehead atoms. The van der Waals surface area contributed by atoms with Crippen molar-refractivity contribution in [1.82, 2.24) is 9.97 Å². The van der Waals surface area contributed by atoms with Gasteiger partial charge in [-0.05, 0) is 24.3 Å². The van der Waals surface area contributed by atoms with E-state index in [9.17, 15) is 17.6 Å². The van der Waals surface area contributed by atoms with E-state index in [0.717, 1.165) is 18.2 Å². The molecular formula is C10H6F4N2. The lowest BCUT2D eigenvalue weighted by molar-refractivity contribution is 0.479. The molecule has 0 aromatic carbocycles. The smallest absolute Gasteiger partial charge is 0.226 e. The number of hydrogen-bond donors (Lipinski definition) is 0. The molecule has 84 valence electrons. The standard InChI is InChI=1S/2C5H3F2N/c6-4-2-1-3-8-5(4)7;6-4-2-1-3-5(7)8-4/h2*1-3H. The molecule has 0 saturated carbocycles. The fraction of sp³-hybridized carbons (Fsp3) is 0. The van der Waals surface area contributed by atoms with Gasteiger partial charge in [-0.25, -0.2) is 9.37 Å². The lowest BCUT2D eigenvalue weighted by Crippen LogP contribution is -1.84. The molecule has 2 aromatic rings. The van der Waals surface area contributed by atoms with E-state index >= 15 is 0 Å². The van der Waals surface area contributed by atoms with Crippen molar-refractivity contribution in [1.29, 1.82) is 0 Å². The van der Waals surface area contributed by atoms with Crippen LogP contribution in [0.4, 0.5) is 17.6 Å². The molecule has 0 spiro atoms. The first-order chi connectivity index (χ1) is 7.59. The third kappa shape index (κ3) is 4.04. The van der Waals surface area contributed by atoms with Crippen molar-refractivity contribution in [2.24, 2.45) is 0 Å². The highest BCUT2D eigenvalue weighted by molar-refractivity contribution is 4.95. The topological polar surface area (TPSA) is 25.8 Å². The predicted octanol–water partition coefficient (Wildman–Crippen LogP) is 2.72. The van der Waals surface area contributed by atoms with Gasteiger partial charge in [-0.15, -0.1) is 0 Å². The molecule has 0 aliphatic heterocycles. The SMILES string of the molecule is Fc1cccc(F)n1.Fc1cccnc1F. The van der Waals surface area contributed by atoms with Crippen molar-refractivity contribution < 1.29 is 17.6 Å². The van der Waals surface area contributed by atoms with Crippen molar-refractivity contribution in [3.63, 3.8) is 0 Å². The molecule has 2 rings (SSSR count). The van der Waals surface area contributed by atoms with Gasteiger partial charge >= 0.3 is 0 Å². The summed E-state index contributed by atoms with van der Waals surface area (Å²) in [5.74, 6) is -3.53. The maximum atomic E-state index is 11.9. The fourth-order valence-corrected chi connectivity index (χ4v) is 0.750.